The second kappa shape index (κ2) is 7.26. The molecule has 0 aromatic heterocycles. The van der Waals surface area contributed by atoms with E-state index in [0.29, 0.717) is 5.56 Å². The molecule has 1 aromatic carbocycles. The zero-order valence-electron chi connectivity index (χ0n) is 14.0. The van der Waals surface area contributed by atoms with Gasteiger partial charge in [-0.15, -0.1) is 0 Å². The first-order chi connectivity index (χ1) is 10.1. The number of carbonyl (C=O) groups is 2. The summed E-state index contributed by atoms with van der Waals surface area (Å²) in [5.41, 5.74) is 1.16. The van der Waals surface area contributed by atoms with Crippen molar-refractivity contribution in [3.63, 3.8) is 0 Å². The lowest BCUT2D eigenvalue weighted by atomic mass is 9.93. The fourth-order valence-corrected chi connectivity index (χ4v) is 1.69. The molecule has 0 bridgehead atoms. The first-order valence-electron chi connectivity index (χ1n) is 7.03. The number of hydroxylamine groups is 2. The average molecular weight is 308 g/mol. The first-order valence-corrected chi connectivity index (χ1v) is 7.03. The van der Waals surface area contributed by atoms with Crippen molar-refractivity contribution < 1.29 is 19.3 Å². The minimum atomic E-state index is -0.587. The van der Waals surface area contributed by atoms with Gasteiger partial charge in [-0.1, -0.05) is 20.8 Å². The molecular weight excluding hydrogens is 284 g/mol. The molecule has 122 valence electrons. The van der Waals surface area contributed by atoms with Crippen LogP contribution in [0.2, 0.25) is 0 Å². The van der Waals surface area contributed by atoms with Crippen molar-refractivity contribution in [3.05, 3.63) is 29.8 Å². The van der Waals surface area contributed by atoms with Gasteiger partial charge in [0.2, 0.25) is 0 Å². The van der Waals surface area contributed by atoms with Crippen molar-refractivity contribution in [3.8, 4) is 0 Å². The maximum absolute atomic E-state index is 11.9. The minimum Gasteiger partial charge on any atom is -0.378 e. The summed E-state index contributed by atoms with van der Waals surface area (Å²) >= 11 is 0. The monoisotopic (exact) mass is 308 g/mol. The molecule has 0 saturated carbocycles. The lowest BCUT2D eigenvalue weighted by Gasteiger charge is -2.19. The highest BCUT2D eigenvalue weighted by Crippen LogP contribution is 2.19. The van der Waals surface area contributed by atoms with Gasteiger partial charge >= 0.3 is 11.9 Å². The molecule has 0 aliphatic heterocycles. The van der Waals surface area contributed by atoms with Crippen LogP contribution in [0.5, 0.6) is 0 Å². The smallest absolute Gasteiger partial charge is 0.360 e. The average Bonchev–Trinajstić information content (AvgIpc) is 2.35. The number of anilines is 1. The van der Waals surface area contributed by atoms with E-state index in [1.165, 1.54) is 7.05 Å². The van der Waals surface area contributed by atoms with Crippen LogP contribution in [0.3, 0.4) is 0 Å². The Balaban J connectivity index is 2.55. The van der Waals surface area contributed by atoms with E-state index in [4.69, 9.17) is 9.68 Å². The van der Waals surface area contributed by atoms with E-state index >= 15 is 0 Å². The second-order valence-corrected chi connectivity index (χ2v) is 6.46. The molecule has 0 N–H and O–H groups in total. The molecule has 22 heavy (non-hydrogen) atoms. The maximum atomic E-state index is 11.9. The summed E-state index contributed by atoms with van der Waals surface area (Å²) in [4.78, 5) is 35.4. The summed E-state index contributed by atoms with van der Waals surface area (Å²) in [7, 11) is 5.19. The van der Waals surface area contributed by atoms with E-state index in [0.717, 1.165) is 10.9 Å². The predicted molar refractivity (Wildman–Crippen MR) is 84.1 cm³/mol. The number of carbonyl (C=O) groups excluding carboxylic acids is 2. The lowest BCUT2D eigenvalue weighted by Crippen LogP contribution is -2.28. The molecular formula is C16H24N2O4. The summed E-state index contributed by atoms with van der Waals surface area (Å²) in [5, 5.41) is 0.788. The van der Waals surface area contributed by atoms with Gasteiger partial charge in [0.05, 0.1) is 19.0 Å². The van der Waals surface area contributed by atoms with Crippen LogP contribution in [0.1, 0.15) is 37.6 Å². The van der Waals surface area contributed by atoms with Crippen molar-refractivity contribution >= 4 is 17.6 Å². The quantitative estimate of drug-likeness (QED) is 0.779. The number of benzene rings is 1. The number of nitrogens with zero attached hydrogens (tertiary/aromatic N) is 2. The normalized spacial score (nSPS) is 11.2. The molecule has 0 spiro atoms. The van der Waals surface area contributed by atoms with Gasteiger partial charge in [-0.3, -0.25) is 4.79 Å². The summed E-state index contributed by atoms with van der Waals surface area (Å²) in [6, 6.07) is 6.93. The standard InChI is InChI=1S/C16H24N2O4/c1-16(2,3)11-14(19)21-18(6)22-15(20)12-7-9-13(10-8-12)17(4)5/h7-10H,11H2,1-6H3. The Morgan fingerprint density at radius 1 is 1.00 bits per heavy atom. The molecule has 0 fully saturated rings. The van der Waals surface area contributed by atoms with Crippen LogP contribution < -0.4 is 4.90 Å². The molecule has 6 heteroatoms. The van der Waals surface area contributed by atoms with Crippen LogP contribution in [0.25, 0.3) is 0 Å². The van der Waals surface area contributed by atoms with E-state index in [1.807, 2.05) is 51.9 Å². The SMILES string of the molecule is CN(OC(=O)CC(C)(C)C)OC(=O)c1ccc(N(C)C)cc1. The van der Waals surface area contributed by atoms with E-state index in [2.05, 4.69) is 0 Å². The van der Waals surface area contributed by atoms with Gasteiger partial charge in [0.25, 0.3) is 0 Å². The third-order valence-corrected chi connectivity index (χ3v) is 2.74. The number of rotatable bonds is 5. The van der Waals surface area contributed by atoms with Gasteiger partial charge in [0.1, 0.15) is 0 Å². The summed E-state index contributed by atoms with van der Waals surface area (Å²) < 4.78 is 0. The molecule has 0 aliphatic carbocycles. The zero-order chi connectivity index (χ0) is 16.9. The molecule has 0 amide bonds. The minimum absolute atomic E-state index is 0.191. The fraction of sp³-hybridized carbons (Fsp3) is 0.500. The summed E-state index contributed by atoms with van der Waals surface area (Å²) in [6.45, 7) is 5.77. The third-order valence-electron chi connectivity index (χ3n) is 2.74. The Kier molecular flexibility index (Phi) is 5.93. The summed E-state index contributed by atoms with van der Waals surface area (Å²) in [6.07, 6.45) is 0.229. The van der Waals surface area contributed by atoms with Gasteiger partial charge in [-0.25, -0.2) is 4.79 Å². The Labute approximate surface area is 131 Å². The van der Waals surface area contributed by atoms with Crippen molar-refractivity contribution in [1.29, 1.82) is 0 Å². The predicted octanol–water partition coefficient (Wildman–Crippen LogP) is 2.65. The van der Waals surface area contributed by atoms with Crippen molar-refractivity contribution in [2.45, 2.75) is 27.2 Å². The Morgan fingerprint density at radius 2 is 1.55 bits per heavy atom. The van der Waals surface area contributed by atoms with Gasteiger partial charge in [0, 0.05) is 25.0 Å². The topological polar surface area (TPSA) is 59.1 Å². The lowest BCUT2D eigenvalue weighted by molar-refractivity contribution is -0.299. The van der Waals surface area contributed by atoms with Crippen LogP contribution in [0, 0.1) is 5.41 Å². The first kappa shape index (κ1) is 18.0. The van der Waals surface area contributed by atoms with Gasteiger partial charge in [0.15, 0.2) is 0 Å². The molecule has 1 aromatic rings. The largest absolute Gasteiger partial charge is 0.378 e. The molecule has 6 nitrogen and oxygen atoms in total. The van der Waals surface area contributed by atoms with Crippen LogP contribution >= 0.6 is 0 Å². The van der Waals surface area contributed by atoms with Crippen LogP contribution in [-0.2, 0) is 14.5 Å². The van der Waals surface area contributed by atoms with Gasteiger partial charge < -0.3 is 14.6 Å². The van der Waals surface area contributed by atoms with Crippen LogP contribution in [0.15, 0.2) is 24.3 Å². The zero-order valence-corrected chi connectivity index (χ0v) is 14.0. The number of hydrogen-bond donors (Lipinski definition) is 0. The van der Waals surface area contributed by atoms with E-state index in [9.17, 15) is 9.59 Å². The molecule has 0 saturated heterocycles. The van der Waals surface area contributed by atoms with E-state index < -0.39 is 11.9 Å². The molecule has 0 unspecified atom stereocenters. The van der Waals surface area contributed by atoms with Gasteiger partial charge in [-0.05, 0) is 29.7 Å². The highest BCUT2D eigenvalue weighted by molar-refractivity contribution is 5.89. The van der Waals surface area contributed by atoms with Crippen molar-refractivity contribution in [1.82, 2.24) is 5.23 Å². The second-order valence-electron chi connectivity index (χ2n) is 6.46. The summed E-state index contributed by atoms with van der Waals surface area (Å²) in [5.74, 6) is -1.04. The van der Waals surface area contributed by atoms with Gasteiger partial charge in [-0.2, -0.15) is 0 Å². The van der Waals surface area contributed by atoms with Crippen molar-refractivity contribution in [2.75, 3.05) is 26.0 Å². The molecule has 0 aliphatic rings. The molecule has 0 radical (unpaired) electrons. The Bertz CT molecular complexity index is 518. The molecule has 1 rings (SSSR count). The maximum Gasteiger partial charge on any atom is 0.360 e. The van der Waals surface area contributed by atoms with Crippen molar-refractivity contribution in [2.24, 2.45) is 5.41 Å². The Hall–Kier alpha value is -2.08. The van der Waals surface area contributed by atoms with E-state index in [-0.39, 0.29) is 11.8 Å². The van der Waals surface area contributed by atoms with Crippen LogP contribution in [-0.4, -0.2) is 38.3 Å². The molecule has 0 atom stereocenters. The van der Waals surface area contributed by atoms with Crippen LogP contribution in [0.4, 0.5) is 5.69 Å². The van der Waals surface area contributed by atoms with E-state index in [1.54, 1.807) is 12.1 Å². The number of hydrogen-bond acceptors (Lipinski definition) is 6. The molecule has 0 heterocycles. The third kappa shape index (κ3) is 6.13. The Morgan fingerprint density at radius 3 is 2.00 bits per heavy atom. The highest BCUT2D eigenvalue weighted by Gasteiger charge is 2.20. The fourth-order valence-electron chi connectivity index (χ4n) is 1.69. The highest BCUT2D eigenvalue weighted by atomic mass is 17.0.